The summed E-state index contributed by atoms with van der Waals surface area (Å²) in [7, 11) is 0. The van der Waals surface area contributed by atoms with Crippen molar-refractivity contribution in [3.63, 3.8) is 0 Å². The first-order valence-electron chi connectivity index (χ1n) is 11.5. The van der Waals surface area contributed by atoms with Crippen molar-refractivity contribution in [2.24, 2.45) is 0 Å². The second-order valence-electron chi connectivity index (χ2n) is 8.35. The van der Waals surface area contributed by atoms with Gasteiger partial charge in [0, 0.05) is 30.5 Å². The van der Waals surface area contributed by atoms with Gasteiger partial charge in [-0.05, 0) is 42.5 Å². The van der Waals surface area contributed by atoms with Crippen LogP contribution >= 0.6 is 11.8 Å². The molecule has 0 unspecified atom stereocenters. The minimum absolute atomic E-state index is 0.0386. The van der Waals surface area contributed by atoms with Gasteiger partial charge in [-0.3, -0.25) is 9.59 Å². The fourth-order valence-electron chi connectivity index (χ4n) is 4.14. The van der Waals surface area contributed by atoms with Crippen LogP contribution in [0.15, 0.2) is 54.6 Å². The second kappa shape index (κ2) is 12.6. The van der Waals surface area contributed by atoms with Crippen molar-refractivity contribution in [2.45, 2.75) is 69.8 Å². The lowest BCUT2D eigenvalue weighted by atomic mass is 10.1. The van der Waals surface area contributed by atoms with E-state index in [9.17, 15) is 14.0 Å². The molecule has 4 nitrogen and oxygen atoms in total. The van der Waals surface area contributed by atoms with Crippen molar-refractivity contribution in [3.05, 3.63) is 71.5 Å². The number of thioether (sulfide) groups is 1. The Balaban J connectivity index is 1.64. The van der Waals surface area contributed by atoms with Gasteiger partial charge in [-0.25, -0.2) is 4.39 Å². The highest BCUT2D eigenvalue weighted by molar-refractivity contribution is 7.98. The van der Waals surface area contributed by atoms with Crippen LogP contribution in [0.4, 0.5) is 4.39 Å². The van der Waals surface area contributed by atoms with Crippen molar-refractivity contribution in [1.29, 1.82) is 0 Å². The van der Waals surface area contributed by atoms with Gasteiger partial charge in [0.25, 0.3) is 0 Å². The minimum atomic E-state index is -0.521. The quantitative estimate of drug-likeness (QED) is 0.466. The minimum Gasteiger partial charge on any atom is -0.352 e. The first kappa shape index (κ1) is 24.3. The molecule has 0 bridgehead atoms. The van der Waals surface area contributed by atoms with E-state index >= 15 is 0 Å². The molecule has 0 aromatic heterocycles. The van der Waals surface area contributed by atoms with Crippen LogP contribution < -0.4 is 5.32 Å². The van der Waals surface area contributed by atoms with Crippen LogP contribution in [0.2, 0.25) is 0 Å². The third-order valence-electron chi connectivity index (χ3n) is 5.93. The van der Waals surface area contributed by atoms with Crippen molar-refractivity contribution >= 4 is 23.6 Å². The molecule has 32 heavy (non-hydrogen) atoms. The van der Waals surface area contributed by atoms with Gasteiger partial charge < -0.3 is 10.2 Å². The Labute approximate surface area is 195 Å². The number of hydrogen-bond acceptors (Lipinski definition) is 3. The van der Waals surface area contributed by atoms with Crippen LogP contribution in [0.3, 0.4) is 0 Å². The lowest BCUT2D eigenvalue weighted by molar-refractivity contribution is -0.141. The molecule has 6 heteroatoms. The predicted octanol–water partition coefficient (Wildman–Crippen LogP) is 5.32. The summed E-state index contributed by atoms with van der Waals surface area (Å²) in [6.07, 6.45) is 5.19. The van der Waals surface area contributed by atoms with Crippen LogP contribution in [0.25, 0.3) is 0 Å². The number of rotatable bonds is 11. The Bertz CT molecular complexity index is 854. The van der Waals surface area contributed by atoms with E-state index in [2.05, 4.69) is 17.4 Å². The second-order valence-corrected chi connectivity index (χ2v) is 9.46. The molecule has 2 aromatic carbocycles. The number of carbonyl (C=O) groups is 2. The molecule has 0 aliphatic heterocycles. The third kappa shape index (κ3) is 7.37. The molecule has 1 aliphatic carbocycles. The maximum atomic E-state index is 13.4. The first-order valence-corrected chi connectivity index (χ1v) is 12.7. The van der Waals surface area contributed by atoms with E-state index in [1.165, 1.54) is 17.7 Å². The summed E-state index contributed by atoms with van der Waals surface area (Å²) in [6, 6.07) is 16.0. The van der Waals surface area contributed by atoms with Gasteiger partial charge in [-0.2, -0.15) is 11.8 Å². The molecular formula is C26H33FN2O2S. The van der Waals surface area contributed by atoms with Crippen LogP contribution in [-0.2, 0) is 21.9 Å². The lowest BCUT2D eigenvalue weighted by Gasteiger charge is -2.31. The molecule has 0 heterocycles. The van der Waals surface area contributed by atoms with Crippen molar-refractivity contribution in [3.8, 4) is 0 Å². The van der Waals surface area contributed by atoms with E-state index in [0.29, 0.717) is 25.1 Å². The zero-order valence-corrected chi connectivity index (χ0v) is 19.6. The largest absolute Gasteiger partial charge is 0.352 e. The standard InChI is InChI=1S/C26H33FN2O2S/c1-2-24(26(31)28-23-10-6-7-11-23)29(18-20-12-14-22(27)15-13-20)25(30)16-17-32-19-21-8-4-3-5-9-21/h3-5,8-9,12-15,23-24H,2,6-7,10-11,16-19H2,1H3,(H,28,31)/t24-/m0/s1. The highest BCUT2D eigenvalue weighted by Gasteiger charge is 2.30. The topological polar surface area (TPSA) is 49.4 Å². The summed E-state index contributed by atoms with van der Waals surface area (Å²) in [5.41, 5.74) is 2.05. The maximum absolute atomic E-state index is 13.4. The SMILES string of the molecule is CC[C@@H](C(=O)NC1CCCC1)N(Cc1ccc(F)cc1)C(=O)CCSCc1ccccc1. The third-order valence-corrected chi connectivity index (χ3v) is 6.96. The van der Waals surface area contributed by atoms with Crippen LogP contribution in [0.1, 0.15) is 56.6 Å². The number of carbonyl (C=O) groups excluding carboxylic acids is 2. The maximum Gasteiger partial charge on any atom is 0.243 e. The molecule has 0 radical (unpaired) electrons. The zero-order valence-electron chi connectivity index (χ0n) is 18.8. The Morgan fingerprint density at radius 2 is 1.75 bits per heavy atom. The molecule has 1 atom stereocenters. The zero-order chi connectivity index (χ0) is 22.8. The Hall–Kier alpha value is -2.34. The lowest BCUT2D eigenvalue weighted by Crippen LogP contribution is -2.51. The van der Waals surface area contributed by atoms with Crippen LogP contribution in [-0.4, -0.2) is 34.6 Å². The average Bonchev–Trinajstić information content (AvgIpc) is 3.31. The number of nitrogens with zero attached hydrogens (tertiary/aromatic N) is 1. The molecule has 1 saturated carbocycles. The number of halogens is 1. The van der Waals surface area contributed by atoms with E-state index in [0.717, 1.165) is 37.0 Å². The van der Waals surface area contributed by atoms with Gasteiger partial charge >= 0.3 is 0 Å². The molecule has 1 N–H and O–H groups in total. The summed E-state index contributed by atoms with van der Waals surface area (Å²) >= 11 is 1.72. The molecule has 3 rings (SSSR count). The van der Waals surface area contributed by atoms with Gasteiger partial charge in [-0.1, -0.05) is 62.2 Å². The van der Waals surface area contributed by atoms with E-state index in [4.69, 9.17) is 0 Å². The van der Waals surface area contributed by atoms with Gasteiger partial charge in [0.1, 0.15) is 11.9 Å². The summed E-state index contributed by atoms with van der Waals surface area (Å²) < 4.78 is 13.4. The molecule has 2 amide bonds. The number of amides is 2. The highest BCUT2D eigenvalue weighted by atomic mass is 32.2. The van der Waals surface area contributed by atoms with Crippen molar-refractivity contribution in [1.82, 2.24) is 10.2 Å². The summed E-state index contributed by atoms with van der Waals surface area (Å²) in [5, 5.41) is 3.15. The van der Waals surface area contributed by atoms with Gasteiger partial charge in [-0.15, -0.1) is 0 Å². The Morgan fingerprint density at radius 3 is 2.41 bits per heavy atom. The fraction of sp³-hybridized carbons (Fsp3) is 0.462. The fourth-order valence-corrected chi connectivity index (χ4v) is 5.03. The van der Waals surface area contributed by atoms with Crippen LogP contribution in [0, 0.1) is 5.82 Å². The number of hydrogen-bond donors (Lipinski definition) is 1. The van der Waals surface area contributed by atoms with Gasteiger partial charge in [0.2, 0.25) is 11.8 Å². The molecule has 1 fully saturated rings. The molecule has 172 valence electrons. The van der Waals surface area contributed by atoms with E-state index in [-0.39, 0.29) is 23.7 Å². The summed E-state index contributed by atoms with van der Waals surface area (Å²) in [4.78, 5) is 28.0. The van der Waals surface area contributed by atoms with Gasteiger partial charge in [0.15, 0.2) is 0 Å². The molecule has 0 saturated heterocycles. The van der Waals surface area contributed by atoms with Crippen molar-refractivity contribution < 1.29 is 14.0 Å². The normalized spacial score (nSPS) is 14.8. The molecule has 1 aliphatic rings. The predicted molar refractivity (Wildman–Crippen MR) is 129 cm³/mol. The van der Waals surface area contributed by atoms with Crippen molar-refractivity contribution in [2.75, 3.05) is 5.75 Å². The summed E-state index contributed by atoms with van der Waals surface area (Å²) in [5.74, 6) is 1.12. The molecule has 0 spiro atoms. The number of nitrogens with one attached hydrogen (secondary N) is 1. The van der Waals surface area contributed by atoms with E-state index in [1.807, 2.05) is 25.1 Å². The Kier molecular flexibility index (Phi) is 9.60. The molecular weight excluding hydrogens is 423 g/mol. The smallest absolute Gasteiger partial charge is 0.243 e. The first-order chi connectivity index (χ1) is 15.6. The highest BCUT2D eigenvalue weighted by Crippen LogP contribution is 2.20. The van der Waals surface area contributed by atoms with E-state index in [1.54, 1.807) is 28.8 Å². The average molecular weight is 457 g/mol. The summed E-state index contributed by atoms with van der Waals surface area (Å²) in [6.45, 7) is 2.24. The van der Waals surface area contributed by atoms with E-state index < -0.39 is 6.04 Å². The van der Waals surface area contributed by atoms with Gasteiger partial charge in [0.05, 0.1) is 0 Å². The Morgan fingerprint density at radius 1 is 1.06 bits per heavy atom. The molecule has 2 aromatic rings. The monoisotopic (exact) mass is 456 g/mol. The van der Waals surface area contributed by atoms with Crippen LogP contribution in [0.5, 0.6) is 0 Å². The number of benzene rings is 2.